The first-order valence-corrected chi connectivity index (χ1v) is 8.78. The molecule has 3 amide bonds. The summed E-state index contributed by atoms with van der Waals surface area (Å²) in [6.07, 6.45) is -3.48. The third kappa shape index (κ3) is 4.49. The van der Waals surface area contributed by atoms with Crippen LogP contribution in [-0.4, -0.2) is 49.9 Å². The Labute approximate surface area is 167 Å². The standard InChI is InChI=1S/C17H17F5N6O2/c1-8-6-28-12(11(5-23-28)15(29)24-9(2)17(20,21)22)7-27(8)16(30)25-10-3-13(18)26-14(19)4-10/h3-5,8-9H,6-7H2,1-2H3,(H,24,29)(H,25,26,30)/t8-,9-/m1/s1. The molecule has 0 radical (unpaired) electrons. The van der Waals surface area contributed by atoms with Gasteiger partial charge in [0.05, 0.1) is 42.3 Å². The third-order valence-corrected chi connectivity index (χ3v) is 4.60. The molecule has 0 aromatic carbocycles. The highest BCUT2D eigenvalue weighted by atomic mass is 19.4. The quantitative estimate of drug-likeness (QED) is 0.576. The van der Waals surface area contributed by atoms with Gasteiger partial charge >= 0.3 is 12.2 Å². The second-order valence-corrected chi connectivity index (χ2v) is 6.83. The van der Waals surface area contributed by atoms with Gasteiger partial charge in [-0.25, -0.2) is 4.79 Å². The largest absolute Gasteiger partial charge is 0.408 e. The van der Waals surface area contributed by atoms with E-state index in [1.165, 1.54) is 9.58 Å². The number of nitrogens with zero attached hydrogens (tertiary/aromatic N) is 4. The molecule has 0 spiro atoms. The van der Waals surface area contributed by atoms with Gasteiger partial charge in [-0.3, -0.25) is 9.48 Å². The minimum atomic E-state index is -4.61. The van der Waals surface area contributed by atoms with Crippen LogP contribution in [0.1, 0.15) is 29.9 Å². The highest BCUT2D eigenvalue weighted by Gasteiger charge is 2.38. The molecule has 30 heavy (non-hydrogen) atoms. The average molecular weight is 432 g/mol. The van der Waals surface area contributed by atoms with Crippen molar-refractivity contribution in [3.8, 4) is 0 Å². The number of pyridine rings is 1. The summed E-state index contributed by atoms with van der Waals surface area (Å²) in [5, 5.41) is 8.20. The van der Waals surface area contributed by atoms with E-state index >= 15 is 0 Å². The molecule has 0 bridgehead atoms. The number of anilines is 1. The molecule has 2 aromatic rings. The molecule has 162 valence electrons. The van der Waals surface area contributed by atoms with Gasteiger partial charge in [0.25, 0.3) is 5.91 Å². The van der Waals surface area contributed by atoms with Crippen molar-refractivity contribution in [2.75, 3.05) is 5.32 Å². The number of alkyl halides is 3. The number of amides is 3. The van der Waals surface area contributed by atoms with Gasteiger partial charge in [-0.05, 0) is 13.8 Å². The molecule has 8 nitrogen and oxygen atoms in total. The van der Waals surface area contributed by atoms with Crippen molar-refractivity contribution in [3.05, 3.63) is 41.5 Å². The Morgan fingerprint density at radius 3 is 2.47 bits per heavy atom. The fourth-order valence-electron chi connectivity index (χ4n) is 2.95. The summed E-state index contributed by atoms with van der Waals surface area (Å²) in [5.74, 6) is -3.21. The number of halogens is 5. The molecule has 0 saturated heterocycles. The predicted molar refractivity (Wildman–Crippen MR) is 93.4 cm³/mol. The van der Waals surface area contributed by atoms with E-state index in [0.29, 0.717) is 0 Å². The molecule has 0 aliphatic carbocycles. The monoisotopic (exact) mass is 432 g/mol. The number of carbonyl (C=O) groups is 2. The van der Waals surface area contributed by atoms with E-state index in [2.05, 4.69) is 15.4 Å². The fourth-order valence-corrected chi connectivity index (χ4v) is 2.95. The molecule has 13 heteroatoms. The summed E-state index contributed by atoms with van der Waals surface area (Å²) in [6, 6.07) is -1.54. The molecule has 3 heterocycles. The van der Waals surface area contributed by atoms with Crippen LogP contribution in [0.2, 0.25) is 0 Å². The Balaban J connectivity index is 1.78. The lowest BCUT2D eigenvalue weighted by atomic mass is 10.1. The minimum Gasteiger partial charge on any atom is -0.340 e. The van der Waals surface area contributed by atoms with Crippen LogP contribution in [0.15, 0.2) is 18.3 Å². The van der Waals surface area contributed by atoms with E-state index in [4.69, 9.17) is 0 Å². The maximum atomic E-state index is 13.2. The van der Waals surface area contributed by atoms with Gasteiger partial charge in [-0.2, -0.15) is 32.0 Å². The van der Waals surface area contributed by atoms with Gasteiger partial charge in [0, 0.05) is 12.1 Å². The van der Waals surface area contributed by atoms with Gasteiger partial charge in [0.2, 0.25) is 11.9 Å². The molecule has 2 aromatic heterocycles. The van der Waals surface area contributed by atoms with E-state index in [9.17, 15) is 31.5 Å². The van der Waals surface area contributed by atoms with Gasteiger partial charge < -0.3 is 15.5 Å². The normalized spacial score (nSPS) is 17.3. The van der Waals surface area contributed by atoms with E-state index in [1.807, 2.05) is 5.32 Å². The topological polar surface area (TPSA) is 92.2 Å². The van der Waals surface area contributed by atoms with E-state index in [1.54, 1.807) is 6.92 Å². The first kappa shape index (κ1) is 21.5. The van der Waals surface area contributed by atoms with Crippen LogP contribution in [0.4, 0.5) is 32.4 Å². The lowest BCUT2D eigenvalue weighted by Gasteiger charge is -2.34. The number of hydrogen-bond acceptors (Lipinski definition) is 4. The van der Waals surface area contributed by atoms with Crippen molar-refractivity contribution < 1.29 is 31.5 Å². The molecular weight excluding hydrogens is 415 g/mol. The maximum Gasteiger partial charge on any atom is 0.408 e. The van der Waals surface area contributed by atoms with Crippen LogP contribution in [0.25, 0.3) is 0 Å². The highest BCUT2D eigenvalue weighted by molar-refractivity contribution is 5.96. The molecule has 1 aliphatic heterocycles. The first-order valence-electron chi connectivity index (χ1n) is 8.78. The molecule has 2 N–H and O–H groups in total. The van der Waals surface area contributed by atoms with Crippen molar-refractivity contribution in [3.63, 3.8) is 0 Å². The van der Waals surface area contributed by atoms with Crippen LogP contribution >= 0.6 is 0 Å². The lowest BCUT2D eigenvalue weighted by Crippen LogP contribution is -2.48. The van der Waals surface area contributed by atoms with Crippen LogP contribution in [-0.2, 0) is 13.1 Å². The molecule has 0 fully saturated rings. The van der Waals surface area contributed by atoms with E-state index in [0.717, 1.165) is 25.3 Å². The number of nitrogens with one attached hydrogen (secondary N) is 2. The molecule has 2 atom stereocenters. The van der Waals surface area contributed by atoms with Crippen LogP contribution in [0.5, 0.6) is 0 Å². The van der Waals surface area contributed by atoms with Crippen LogP contribution in [0.3, 0.4) is 0 Å². The third-order valence-electron chi connectivity index (χ3n) is 4.60. The Kier molecular flexibility index (Phi) is 5.63. The minimum absolute atomic E-state index is 0.100. The van der Waals surface area contributed by atoms with Gasteiger partial charge in [-0.15, -0.1) is 0 Å². The number of carbonyl (C=O) groups excluding carboxylic acids is 2. The summed E-state index contributed by atoms with van der Waals surface area (Å²) in [5.41, 5.74) is -0.0211. The summed E-state index contributed by atoms with van der Waals surface area (Å²) >= 11 is 0. The molecular formula is C17H17F5N6O2. The number of hydrogen-bond donors (Lipinski definition) is 2. The summed E-state index contributed by atoms with van der Waals surface area (Å²) in [7, 11) is 0. The van der Waals surface area contributed by atoms with Crippen molar-refractivity contribution in [1.82, 2.24) is 25.0 Å². The van der Waals surface area contributed by atoms with Crippen LogP contribution in [0, 0.1) is 11.9 Å². The summed E-state index contributed by atoms with van der Waals surface area (Å²) in [6.45, 7) is 2.52. The Bertz CT molecular complexity index is 956. The SMILES string of the molecule is C[C@@H]1Cn2ncc(C(=O)N[C@H](C)C(F)(F)F)c2CN1C(=O)Nc1cc(F)nc(F)c1. The molecule has 3 rings (SSSR count). The second kappa shape index (κ2) is 7.88. The average Bonchev–Trinajstić information content (AvgIpc) is 3.01. The number of rotatable bonds is 3. The predicted octanol–water partition coefficient (Wildman–Crippen LogP) is 2.67. The van der Waals surface area contributed by atoms with Crippen LogP contribution < -0.4 is 10.6 Å². The molecule has 0 unspecified atom stereocenters. The zero-order valence-electron chi connectivity index (χ0n) is 15.8. The Morgan fingerprint density at radius 2 is 1.87 bits per heavy atom. The lowest BCUT2D eigenvalue weighted by molar-refractivity contribution is -0.149. The Hall–Kier alpha value is -3.25. The van der Waals surface area contributed by atoms with E-state index < -0.39 is 42.1 Å². The Morgan fingerprint density at radius 1 is 1.23 bits per heavy atom. The summed E-state index contributed by atoms with van der Waals surface area (Å²) in [4.78, 5) is 29.1. The number of urea groups is 1. The van der Waals surface area contributed by atoms with Gasteiger partial charge in [0.15, 0.2) is 0 Å². The van der Waals surface area contributed by atoms with Gasteiger partial charge in [0.1, 0.15) is 6.04 Å². The zero-order chi connectivity index (χ0) is 22.2. The molecule has 0 saturated carbocycles. The highest BCUT2D eigenvalue weighted by Crippen LogP contribution is 2.24. The van der Waals surface area contributed by atoms with E-state index in [-0.39, 0.29) is 30.0 Å². The van der Waals surface area contributed by atoms with Crippen molar-refractivity contribution in [2.24, 2.45) is 0 Å². The van der Waals surface area contributed by atoms with Crippen molar-refractivity contribution >= 4 is 17.6 Å². The zero-order valence-corrected chi connectivity index (χ0v) is 15.8. The second-order valence-electron chi connectivity index (χ2n) is 6.83. The van der Waals surface area contributed by atoms with Crippen molar-refractivity contribution in [1.29, 1.82) is 0 Å². The number of fused-ring (bicyclic) bond motifs is 1. The molecule has 1 aliphatic rings. The maximum absolute atomic E-state index is 13.2. The number of aromatic nitrogens is 3. The van der Waals surface area contributed by atoms with Crippen molar-refractivity contribution in [2.45, 2.75) is 45.2 Å². The van der Waals surface area contributed by atoms with Gasteiger partial charge in [-0.1, -0.05) is 0 Å². The fraction of sp³-hybridized carbons (Fsp3) is 0.412. The smallest absolute Gasteiger partial charge is 0.340 e. The summed E-state index contributed by atoms with van der Waals surface area (Å²) < 4.78 is 66.0. The first-order chi connectivity index (χ1) is 14.0.